The molecule has 0 aliphatic carbocycles. The molecule has 0 aliphatic heterocycles. The fourth-order valence-corrected chi connectivity index (χ4v) is 2.54. The maximum atomic E-state index is 10.8. The van der Waals surface area contributed by atoms with Crippen molar-refractivity contribution in [1.29, 1.82) is 0 Å². The number of hydrogen-bond donors (Lipinski definition) is 1. The second-order valence-electron chi connectivity index (χ2n) is 5.22. The molecule has 12 heteroatoms. The molecule has 0 atom stereocenters. The summed E-state index contributed by atoms with van der Waals surface area (Å²) in [6.07, 6.45) is 0. The molecule has 10 nitrogen and oxygen atoms in total. The van der Waals surface area contributed by atoms with Gasteiger partial charge in [0.15, 0.2) is 0 Å². The summed E-state index contributed by atoms with van der Waals surface area (Å²) in [4.78, 5) is 26.9. The average molecular weight is 530 g/mol. The first kappa shape index (κ1) is 22.2. The Kier molecular flexibility index (Phi) is 7.98. The zero-order chi connectivity index (χ0) is 21.4. The van der Waals surface area contributed by atoms with Crippen LogP contribution in [0, 0.1) is 20.2 Å². The minimum Gasteiger partial charge on any atom is -0.501 e. The Morgan fingerprint density at radius 2 is 1.45 bits per heavy atom. The standard InChI is InChI=1S/C12H9BrN2O3.C5H3BrN2O3.H2/c13-11-7-6-10(12(14-11)15(16)17)18-8-9-4-2-1-3-5-9;6-4-2-1-3(9)5(7-4)8(10)11;/h1-7H,8H2;1-2,9H;1H. The molecule has 3 rings (SSSR count). The van der Waals surface area contributed by atoms with Gasteiger partial charge in [-0.15, -0.1) is 0 Å². The minimum atomic E-state index is -0.750. The summed E-state index contributed by atoms with van der Waals surface area (Å²) in [5.74, 6) is -1.11. The molecule has 0 amide bonds. The molecule has 3 aromatic rings. The number of benzene rings is 1. The highest BCUT2D eigenvalue weighted by atomic mass is 79.9. The molecule has 0 radical (unpaired) electrons. The Bertz CT molecular complexity index is 1030. The van der Waals surface area contributed by atoms with Crippen molar-refractivity contribution in [2.75, 3.05) is 0 Å². The fraction of sp³-hybridized carbons (Fsp3) is 0.0588. The van der Waals surface area contributed by atoms with E-state index < -0.39 is 21.4 Å². The van der Waals surface area contributed by atoms with Crippen molar-refractivity contribution in [2.45, 2.75) is 6.61 Å². The second kappa shape index (κ2) is 10.4. The molecule has 152 valence electrons. The van der Waals surface area contributed by atoms with Crippen LogP contribution in [0.15, 0.2) is 63.8 Å². The first-order valence-electron chi connectivity index (χ1n) is 7.75. The number of pyridine rings is 2. The SMILES string of the molecule is O=[N+]([O-])c1nc(Br)ccc1O.O=[N+]([O-])c1nc(Br)ccc1OCc1ccccc1.[HH]. The highest BCUT2D eigenvalue weighted by Crippen LogP contribution is 2.27. The van der Waals surface area contributed by atoms with Crippen molar-refractivity contribution in [1.82, 2.24) is 9.97 Å². The molecule has 2 heterocycles. The van der Waals surface area contributed by atoms with Crippen molar-refractivity contribution in [3.8, 4) is 11.5 Å². The Labute approximate surface area is 182 Å². The third kappa shape index (κ3) is 6.76. The number of aromatic hydroxyl groups is 1. The van der Waals surface area contributed by atoms with E-state index in [0.29, 0.717) is 9.21 Å². The van der Waals surface area contributed by atoms with E-state index in [4.69, 9.17) is 9.84 Å². The molecule has 0 unspecified atom stereocenters. The van der Waals surface area contributed by atoms with Gasteiger partial charge in [0.25, 0.3) is 0 Å². The van der Waals surface area contributed by atoms with Gasteiger partial charge in [-0.2, -0.15) is 0 Å². The van der Waals surface area contributed by atoms with E-state index in [1.54, 1.807) is 6.07 Å². The molecule has 1 N–H and O–H groups in total. The van der Waals surface area contributed by atoms with Gasteiger partial charge in [0, 0.05) is 45.4 Å². The first-order chi connectivity index (χ1) is 13.8. The summed E-state index contributed by atoms with van der Waals surface area (Å²) >= 11 is 6.03. The Morgan fingerprint density at radius 1 is 0.897 bits per heavy atom. The van der Waals surface area contributed by atoms with Gasteiger partial charge in [0.05, 0.1) is 0 Å². The topological polar surface area (TPSA) is 142 Å². The van der Waals surface area contributed by atoms with Crippen LogP contribution in [0.25, 0.3) is 0 Å². The van der Waals surface area contributed by atoms with Gasteiger partial charge in [0.1, 0.15) is 6.61 Å². The van der Waals surface area contributed by atoms with E-state index in [9.17, 15) is 20.2 Å². The van der Waals surface area contributed by atoms with Gasteiger partial charge in [-0.25, -0.2) is 0 Å². The second-order valence-corrected chi connectivity index (χ2v) is 6.85. The van der Waals surface area contributed by atoms with Crippen LogP contribution in [-0.2, 0) is 6.61 Å². The number of hydrogen-bond acceptors (Lipinski definition) is 8. The lowest BCUT2D eigenvalue weighted by atomic mass is 10.2. The van der Waals surface area contributed by atoms with Crippen LogP contribution >= 0.6 is 31.9 Å². The number of rotatable bonds is 5. The van der Waals surface area contributed by atoms with Crippen LogP contribution < -0.4 is 4.74 Å². The molecular weight excluding hydrogens is 516 g/mol. The lowest BCUT2D eigenvalue weighted by Gasteiger charge is -2.06. The fourth-order valence-electron chi connectivity index (χ4n) is 1.94. The summed E-state index contributed by atoms with van der Waals surface area (Å²) in [7, 11) is 0. The van der Waals surface area contributed by atoms with Crippen molar-refractivity contribution in [3.05, 3.63) is 89.6 Å². The van der Waals surface area contributed by atoms with Crippen molar-refractivity contribution in [2.24, 2.45) is 0 Å². The molecule has 1 aromatic carbocycles. The summed E-state index contributed by atoms with van der Waals surface area (Å²) in [5, 5.41) is 29.8. The summed E-state index contributed by atoms with van der Waals surface area (Å²) in [5.41, 5.74) is 0.940. The van der Waals surface area contributed by atoms with Crippen molar-refractivity contribution < 1.29 is 21.1 Å². The third-order valence-corrected chi connectivity index (χ3v) is 4.09. The maximum Gasteiger partial charge on any atom is 0.407 e. The monoisotopic (exact) mass is 528 g/mol. The Hall–Kier alpha value is -3.12. The highest BCUT2D eigenvalue weighted by Gasteiger charge is 2.18. The quantitative estimate of drug-likeness (QED) is 0.275. The first-order valence-corrected chi connectivity index (χ1v) is 9.34. The zero-order valence-corrected chi connectivity index (χ0v) is 17.6. The van der Waals surface area contributed by atoms with E-state index in [0.717, 1.165) is 5.56 Å². The lowest BCUT2D eigenvalue weighted by Crippen LogP contribution is -2.00. The van der Waals surface area contributed by atoms with Crippen LogP contribution in [-0.4, -0.2) is 24.9 Å². The smallest absolute Gasteiger partial charge is 0.407 e. The normalized spacial score (nSPS) is 9.86. The van der Waals surface area contributed by atoms with Crippen LogP contribution in [0.5, 0.6) is 11.5 Å². The van der Waals surface area contributed by atoms with Crippen molar-refractivity contribution >= 4 is 43.5 Å². The van der Waals surface area contributed by atoms with Crippen LogP contribution in [0.4, 0.5) is 11.6 Å². The molecular formula is C17H14Br2N4O6. The van der Waals surface area contributed by atoms with Gasteiger partial charge >= 0.3 is 11.6 Å². The third-order valence-electron chi connectivity index (χ3n) is 3.21. The predicted molar refractivity (Wildman–Crippen MR) is 112 cm³/mol. The Balaban J connectivity index is 0.000000324. The summed E-state index contributed by atoms with van der Waals surface area (Å²) < 4.78 is 6.14. The molecule has 0 aliphatic rings. The van der Waals surface area contributed by atoms with E-state index in [-0.39, 0.29) is 19.6 Å². The molecule has 0 saturated carbocycles. The molecule has 2 aromatic heterocycles. The molecule has 29 heavy (non-hydrogen) atoms. The minimum absolute atomic E-state index is 0. The zero-order valence-electron chi connectivity index (χ0n) is 14.4. The lowest BCUT2D eigenvalue weighted by molar-refractivity contribution is -0.390. The molecule has 0 spiro atoms. The number of nitrogens with zero attached hydrogens (tertiary/aromatic N) is 4. The van der Waals surface area contributed by atoms with E-state index in [1.165, 1.54) is 18.2 Å². The van der Waals surface area contributed by atoms with E-state index in [2.05, 4.69) is 41.8 Å². The van der Waals surface area contributed by atoms with Gasteiger partial charge in [-0.1, -0.05) is 30.3 Å². The highest BCUT2D eigenvalue weighted by molar-refractivity contribution is 9.10. The Morgan fingerprint density at radius 3 is 2.00 bits per heavy atom. The predicted octanol–water partition coefficient (Wildman–Crippen LogP) is 5.04. The molecule has 0 saturated heterocycles. The number of halogens is 2. The van der Waals surface area contributed by atoms with Gasteiger partial charge in [-0.05, 0) is 37.5 Å². The number of nitro groups is 2. The maximum absolute atomic E-state index is 10.8. The molecule has 0 fully saturated rings. The summed E-state index contributed by atoms with van der Waals surface area (Å²) in [6.45, 7) is 0.269. The number of ether oxygens (including phenoxy) is 1. The molecule has 0 bridgehead atoms. The number of aromatic nitrogens is 2. The van der Waals surface area contributed by atoms with E-state index >= 15 is 0 Å². The summed E-state index contributed by atoms with van der Waals surface area (Å²) in [6, 6.07) is 15.2. The largest absolute Gasteiger partial charge is 0.501 e. The van der Waals surface area contributed by atoms with Crippen LogP contribution in [0.3, 0.4) is 0 Å². The van der Waals surface area contributed by atoms with Gasteiger partial charge < -0.3 is 30.1 Å². The van der Waals surface area contributed by atoms with Crippen LogP contribution in [0.1, 0.15) is 6.99 Å². The van der Waals surface area contributed by atoms with E-state index in [1.807, 2.05) is 30.3 Å². The van der Waals surface area contributed by atoms with Gasteiger partial charge in [0.2, 0.25) is 20.7 Å². The average Bonchev–Trinajstić information content (AvgIpc) is 2.70. The van der Waals surface area contributed by atoms with Crippen molar-refractivity contribution in [3.63, 3.8) is 0 Å². The van der Waals surface area contributed by atoms with Gasteiger partial charge in [-0.3, -0.25) is 0 Å². The van der Waals surface area contributed by atoms with Crippen LogP contribution in [0.2, 0.25) is 0 Å².